The third kappa shape index (κ3) is 9.53. The summed E-state index contributed by atoms with van der Waals surface area (Å²) in [6.07, 6.45) is 15.3. The van der Waals surface area contributed by atoms with E-state index in [2.05, 4.69) is 20.8 Å². The lowest BCUT2D eigenvalue weighted by molar-refractivity contribution is -0.156. The van der Waals surface area contributed by atoms with Gasteiger partial charge in [-0.15, -0.1) is 0 Å². The molecule has 0 unspecified atom stereocenters. The van der Waals surface area contributed by atoms with Gasteiger partial charge in [-0.1, -0.05) is 71.1 Å². The highest BCUT2D eigenvalue weighted by Gasteiger charge is 2.33. The number of esters is 1. The van der Waals surface area contributed by atoms with E-state index in [4.69, 9.17) is 4.74 Å². The molecule has 0 spiro atoms. The van der Waals surface area contributed by atoms with Gasteiger partial charge >= 0.3 is 5.97 Å². The standard InChI is InChI=1S/C27H40F2O2/c1-20(2)23-16-14-21(3)18-26(23)31-27(30)13-11-9-7-5-4-6-8-10-12-22-15-17-24(28)25(29)19-22/h10,12,15,17,19-21,23,26H,4-9,11,13-14,16,18H2,1-3H3/b12-10+/t21-,23+,26-/m1/s1. The number of rotatable bonds is 12. The minimum atomic E-state index is -0.811. The molecule has 0 aliphatic heterocycles. The molecule has 0 saturated heterocycles. The summed E-state index contributed by atoms with van der Waals surface area (Å²) in [6.45, 7) is 6.73. The Kier molecular flexibility index (Phi) is 11.2. The van der Waals surface area contributed by atoms with E-state index in [0.717, 1.165) is 57.4 Å². The molecule has 0 heterocycles. The van der Waals surface area contributed by atoms with Crippen LogP contribution in [0.15, 0.2) is 24.3 Å². The summed E-state index contributed by atoms with van der Waals surface area (Å²) in [4.78, 5) is 12.3. The molecule has 1 aromatic rings. The lowest BCUT2D eigenvalue weighted by Crippen LogP contribution is -2.35. The molecule has 0 aromatic heterocycles. The quantitative estimate of drug-likeness (QED) is 0.245. The predicted octanol–water partition coefficient (Wildman–Crippen LogP) is 8.10. The van der Waals surface area contributed by atoms with Crippen molar-refractivity contribution in [2.24, 2.45) is 17.8 Å². The summed E-state index contributed by atoms with van der Waals surface area (Å²) in [5, 5.41) is 0. The Morgan fingerprint density at radius 2 is 1.77 bits per heavy atom. The molecule has 0 N–H and O–H groups in total. The maximum Gasteiger partial charge on any atom is 0.306 e. The van der Waals surface area contributed by atoms with Gasteiger partial charge in [0.1, 0.15) is 6.10 Å². The van der Waals surface area contributed by atoms with E-state index in [-0.39, 0.29) is 12.1 Å². The van der Waals surface area contributed by atoms with E-state index in [1.54, 1.807) is 6.07 Å². The number of allylic oxidation sites excluding steroid dienone is 1. The zero-order valence-corrected chi connectivity index (χ0v) is 19.5. The van der Waals surface area contributed by atoms with Crippen molar-refractivity contribution in [3.63, 3.8) is 0 Å². The highest BCUT2D eigenvalue weighted by molar-refractivity contribution is 5.69. The molecule has 0 amide bonds. The SMILES string of the molecule is CC(C)[C@@H]1CC[C@@H](C)C[C@H]1OC(=O)CCCCCCCC/C=C/c1ccc(F)c(F)c1. The summed E-state index contributed by atoms with van der Waals surface area (Å²) in [5.41, 5.74) is 0.688. The van der Waals surface area contributed by atoms with Crippen LogP contribution in [0.5, 0.6) is 0 Å². The van der Waals surface area contributed by atoms with Crippen molar-refractivity contribution in [3.05, 3.63) is 41.5 Å². The molecule has 1 fully saturated rings. The van der Waals surface area contributed by atoms with Crippen molar-refractivity contribution in [3.8, 4) is 0 Å². The molecule has 2 rings (SSSR count). The van der Waals surface area contributed by atoms with Crippen LogP contribution >= 0.6 is 0 Å². The largest absolute Gasteiger partial charge is 0.462 e. The Bertz CT molecular complexity index is 698. The molecule has 0 bridgehead atoms. The van der Waals surface area contributed by atoms with Crippen LogP contribution in [0.4, 0.5) is 8.78 Å². The van der Waals surface area contributed by atoms with Gasteiger partial charge in [-0.05, 0) is 67.6 Å². The van der Waals surface area contributed by atoms with Gasteiger partial charge < -0.3 is 4.74 Å². The molecule has 31 heavy (non-hydrogen) atoms. The van der Waals surface area contributed by atoms with E-state index in [9.17, 15) is 13.6 Å². The average molecular weight is 435 g/mol. The van der Waals surface area contributed by atoms with Crippen molar-refractivity contribution in [1.82, 2.24) is 0 Å². The van der Waals surface area contributed by atoms with Gasteiger partial charge in [0.05, 0.1) is 0 Å². The number of carbonyl (C=O) groups is 1. The number of benzene rings is 1. The molecule has 1 saturated carbocycles. The molecule has 1 aliphatic carbocycles. The number of ether oxygens (including phenoxy) is 1. The first-order valence-electron chi connectivity index (χ1n) is 12.2. The molecule has 2 nitrogen and oxygen atoms in total. The minimum Gasteiger partial charge on any atom is -0.462 e. The molecule has 3 atom stereocenters. The van der Waals surface area contributed by atoms with Crippen molar-refractivity contribution in [2.45, 2.75) is 97.5 Å². The lowest BCUT2D eigenvalue weighted by atomic mass is 9.75. The van der Waals surface area contributed by atoms with Crippen LogP contribution in [0, 0.1) is 29.4 Å². The number of carbonyl (C=O) groups excluding carboxylic acids is 1. The second-order valence-electron chi connectivity index (χ2n) is 9.59. The molecule has 1 aromatic carbocycles. The number of hydrogen-bond acceptors (Lipinski definition) is 2. The minimum absolute atomic E-state index is 0.0212. The second-order valence-corrected chi connectivity index (χ2v) is 9.59. The van der Waals surface area contributed by atoms with Crippen LogP contribution in [0.1, 0.15) is 97.0 Å². The average Bonchev–Trinajstić information content (AvgIpc) is 2.71. The number of hydrogen-bond donors (Lipinski definition) is 0. The van der Waals surface area contributed by atoms with Crippen molar-refractivity contribution >= 4 is 12.0 Å². The normalized spacial score (nSPS) is 21.7. The van der Waals surface area contributed by atoms with E-state index in [1.807, 2.05) is 12.2 Å². The Labute approximate surface area is 187 Å². The first kappa shape index (κ1) is 25.5. The van der Waals surface area contributed by atoms with Gasteiger partial charge in [-0.3, -0.25) is 4.79 Å². The van der Waals surface area contributed by atoms with Crippen LogP contribution in [-0.2, 0) is 9.53 Å². The summed E-state index contributed by atoms with van der Waals surface area (Å²) in [5.74, 6) is 0.0905. The fraction of sp³-hybridized carbons (Fsp3) is 0.667. The Hall–Kier alpha value is -1.71. The molecular formula is C27H40F2O2. The Morgan fingerprint density at radius 1 is 1.06 bits per heavy atom. The van der Waals surface area contributed by atoms with Crippen LogP contribution in [-0.4, -0.2) is 12.1 Å². The van der Waals surface area contributed by atoms with Gasteiger partial charge in [0.25, 0.3) is 0 Å². The Balaban J connectivity index is 1.50. The van der Waals surface area contributed by atoms with Gasteiger partial charge in [0, 0.05) is 6.42 Å². The topological polar surface area (TPSA) is 26.3 Å². The van der Waals surface area contributed by atoms with Crippen LogP contribution < -0.4 is 0 Å². The smallest absolute Gasteiger partial charge is 0.306 e. The fourth-order valence-corrected chi connectivity index (χ4v) is 4.55. The van der Waals surface area contributed by atoms with Crippen LogP contribution in [0.2, 0.25) is 0 Å². The van der Waals surface area contributed by atoms with Gasteiger partial charge in [0.2, 0.25) is 0 Å². The molecular weight excluding hydrogens is 394 g/mol. The highest BCUT2D eigenvalue weighted by Crippen LogP contribution is 2.35. The molecule has 1 aliphatic rings. The molecule has 174 valence electrons. The van der Waals surface area contributed by atoms with E-state index >= 15 is 0 Å². The summed E-state index contributed by atoms with van der Waals surface area (Å²) in [7, 11) is 0. The Morgan fingerprint density at radius 3 is 2.48 bits per heavy atom. The monoisotopic (exact) mass is 434 g/mol. The van der Waals surface area contributed by atoms with E-state index in [1.165, 1.54) is 18.9 Å². The fourth-order valence-electron chi connectivity index (χ4n) is 4.55. The third-order valence-electron chi connectivity index (χ3n) is 6.50. The predicted molar refractivity (Wildman–Crippen MR) is 124 cm³/mol. The zero-order chi connectivity index (χ0) is 22.6. The van der Waals surface area contributed by atoms with Gasteiger partial charge in [-0.25, -0.2) is 8.78 Å². The second kappa shape index (κ2) is 13.6. The lowest BCUT2D eigenvalue weighted by Gasteiger charge is -2.36. The van der Waals surface area contributed by atoms with Crippen molar-refractivity contribution < 1.29 is 18.3 Å². The van der Waals surface area contributed by atoms with Crippen LogP contribution in [0.3, 0.4) is 0 Å². The van der Waals surface area contributed by atoms with E-state index < -0.39 is 11.6 Å². The number of unbranched alkanes of at least 4 members (excludes halogenated alkanes) is 6. The van der Waals surface area contributed by atoms with Crippen molar-refractivity contribution in [1.29, 1.82) is 0 Å². The summed E-state index contributed by atoms with van der Waals surface area (Å²) in [6, 6.07) is 3.95. The van der Waals surface area contributed by atoms with E-state index in [0.29, 0.717) is 29.7 Å². The first-order chi connectivity index (χ1) is 14.9. The number of halogens is 2. The maximum atomic E-state index is 13.2. The maximum absolute atomic E-state index is 13.2. The van der Waals surface area contributed by atoms with Gasteiger partial charge in [0.15, 0.2) is 11.6 Å². The zero-order valence-electron chi connectivity index (χ0n) is 19.5. The van der Waals surface area contributed by atoms with Gasteiger partial charge in [-0.2, -0.15) is 0 Å². The highest BCUT2D eigenvalue weighted by atomic mass is 19.2. The molecule has 0 radical (unpaired) electrons. The summed E-state index contributed by atoms with van der Waals surface area (Å²) >= 11 is 0. The van der Waals surface area contributed by atoms with Crippen molar-refractivity contribution in [2.75, 3.05) is 0 Å². The summed E-state index contributed by atoms with van der Waals surface area (Å²) < 4.78 is 31.9. The first-order valence-corrected chi connectivity index (χ1v) is 12.2. The molecule has 4 heteroatoms. The third-order valence-corrected chi connectivity index (χ3v) is 6.50. The van der Waals surface area contributed by atoms with Crippen LogP contribution in [0.25, 0.3) is 6.08 Å².